The summed E-state index contributed by atoms with van der Waals surface area (Å²) in [7, 11) is 4.70. The number of hydrogen-bond donors (Lipinski definition) is 1. The lowest BCUT2D eigenvalue weighted by Crippen LogP contribution is -2.21. The third-order valence-corrected chi connectivity index (χ3v) is 2.66. The third-order valence-electron chi connectivity index (χ3n) is 2.66. The molecule has 0 atom stereocenters. The highest BCUT2D eigenvalue weighted by Crippen LogP contribution is 2.34. The summed E-state index contributed by atoms with van der Waals surface area (Å²) in [5.74, 6) is 1.69. The van der Waals surface area contributed by atoms with Crippen molar-refractivity contribution in [3.8, 4) is 17.2 Å². The molecule has 0 spiro atoms. The Balaban J connectivity index is 2.93. The van der Waals surface area contributed by atoms with E-state index in [1.165, 1.54) is 0 Å². The summed E-state index contributed by atoms with van der Waals surface area (Å²) >= 11 is 0. The second-order valence-corrected chi connectivity index (χ2v) is 4.46. The van der Waals surface area contributed by atoms with Gasteiger partial charge in [-0.15, -0.1) is 0 Å². The van der Waals surface area contributed by atoms with Crippen molar-refractivity contribution in [3.05, 3.63) is 29.3 Å². The summed E-state index contributed by atoms with van der Waals surface area (Å²) in [6, 6.07) is 3.53. The van der Waals surface area contributed by atoms with Crippen LogP contribution < -0.4 is 19.5 Å². The first kappa shape index (κ1) is 15.9. The molecule has 1 aromatic rings. The average Bonchev–Trinajstić information content (AvgIpc) is 2.43. The fraction of sp³-hybridized carbons (Fsp3) is 0.400. The fourth-order valence-corrected chi connectivity index (χ4v) is 1.73. The van der Waals surface area contributed by atoms with Gasteiger partial charge in [0.25, 0.3) is 0 Å². The Bertz CT molecular complexity index is 505. The number of nitrogens with one attached hydrogen (secondary N) is 1. The van der Waals surface area contributed by atoms with E-state index in [9.17, 15) is 4.79 Å². The smallest absolute Gasteiger partial charge is 0.244 e. The van der Waals surface area contributed by atoms with E-state index in [0.717, 1.165) is 11.1 Å². The predicted molar refractivity (Wildman–Crippen MR) is 77.4 cm³/mol. The molecule has 1 N–H and O–H groups in total. The van der Waals surface area contributed by atoms with Crippen molar-refractivity contribution < 1.29 is 19.0 Å². The molecule has 0 saturated carbocycles. The molecule has 1 aromatic carbocycles. The van der Waals surface area contributed by atoms with Crippen LogP contribution >= 0.6 is 0 Å². The fourth-order valence-electron chi connectivity index (χ4n) is 1.73. The number of benzene rings is 1. The van der Waals surface area contributed by atoms with Gasteiger partial charge in [-0.3, -0.25) is 4.79 Å². The summed E-state index contributed by atoms with van der Waals surface area (Å²) < 4.78 is 15.8. The summed E-state index contributed by atoms with van der Waals surface area (Å²) in [6.07, 6.45) is 1.55. The van der Waals surface area contributed by atoms with Gasteiger partial charge in [-0.25, -0.2) is 0 Å². The van der Waals surface area contributed by atoms with Gasteiger partial charge in [0.2, 0.25) is 5.91 Å². The molecule has 0 unspecified atom stereocenters. The number of amides is 1. The van der Waals surface area contributed by atoms with Crippen LogP contribution in [0.2, 0.25) is 0 Å². The van der Waals surface area contributed by atoms with Crippen LogP contribution in [0.3, 0.4) is 0 Å². The number of hydrogen-bond acceptors (Lipinski definition) is 4. The summed E-state index contributed by atoms with van der Waals surface area (Å²) in [5, 5.41) is 2.80. The van der Waals surface area contributed by atoms with E-state index in [1.807, 2.05) is 13.8 Å². The molecule has 0 radical (unpaired) electrons. The predicted octanol–water partition coefficient (Wildman–Crippen LogP) is 2.29. The molecule has 0 fully saturated rings. The SMILES string of the molecule is COc1cc(OC)c(OC)cc1CNC(=O)C=C(C)C. The first-order valence-corrected chi connectivity index (χ1v) is 6.23. The summed E-state index contributed by atoms with van der Waals surface area (Å²) in [6.45, 7) is 4.10. The van der Waals surface area contributed by atoms with Gasteiger partial charge >= 0.3 is 0 Å². The number of rotatable bonds is 6. The Morgan fingerprint density at radius 1 is 1.05 bits per heavy atom. The van der Waals surface area contributed by atoms with Gasteiger partial charge < -0.3 is 19.5 Å². The molecule has 5 heteroatoms. The molecular weight excluding hydrogens is 258 g/mol. The molecule has 110 valence electrons. The minimum absolute atomic E-state index is 0.137. The molecule has 1 amide bonds. The second-order valence-electron chi connectivity index (χ2n) is 4.46. The maximum atomic E-state index is 11.6. The van der Waals surface area contributed by atoms with Crippen molar-refractivity contribution in [2.75, 3.05) is 21.3 Å². The zero-order valence-electron chi connectivity index (χ0n) is 12.6. The lowest BCUT2D eigenvalue weighted by molar-refractivity contribution is -0.116. The molecule has 0 bridgehead atoms. The van der Waals surface area contributed by atoms with Gasteiger partial charge in [-0.1, -0.05) is 5.57 Å². The van der Waals surface area contributed by atoms with Crippen LogP contribution in [0.25, 0.3) is 0 Å². The van der Waals surface area contributed by atoms with E-state index in [1.54, 1.807) is 39.5 Å². The number of carbonyl (C=O) groups is 1. The van der Waals surface area contributed by atoms with Gasteiger partial charge in [0, 0.05) is 24.3 Å². The number of carbonyl (C=O) groups excluding carboxylic acids is 1. The first-order chi connectivity index (χ1) is 9.51. The van der Waals surface area contributed by atoms with Gasteiger partial charge in [0.15, 0.2) is 11.5 Å². The number of ether oxygens (including phenoxy) is 3. The molecule has 1 rings (SSSR count). The highest BCUT2D eigenvalue weighted by Gasteiger charge is 2.12. The van der Waals surface area contributed by atoms with Crippen molar-refractivity contribution in [3.63, 3.8) is 0 Å². The zero-order chi connectivity index (χ0) is 15.1. The lowest BCUT2D eigenvalue weighted by atomic mass is 10.1. The third kappa shape index (κ3) is 4.19. The van der Waals surface area contributed by atoms with Crippen molar-refractivity contribution >= 4 is 5.91 Å². The Morgan fingerprint density at radius 2 is 1.60 bits per heavy atom. The van der Waals surface area contributed by atoms with Gasteiger partial charge in [0.1, 0.15) is 5.75 Å². The van der Waals surface area contributed by atoms with Crippen LogP contribution in [-0.4, -0.2) is 27.2 Å². The van der Waals surface area contributed by atoms with E-state index >= 15 is 0 Å². The second kappa shape index (κ2) is 7.43. The van der Waals surface area contributed by atoms with Crippen LogP contribution in [0.15, 0.2) is 23.8 Å². The zero-order valence-corrected chi connectivity index (χ0v) is 12.6. The van der Waals surface area contributed by atoms with Crippen molar-refractivity contribution in [2.45, 2.75) is 20.4 Å². The topological polar surface area (TPSA) is 56.8 Å². The minimum Gasteiger partial charge on any atom is -0.496 e. The van der Waals surface area contributed by atoms with E-state index in [-0.39, 0.29) is 5.91 Å². The maximum absolute atomic E-state index is 11.6. The summed E-state index contributed by atoms with van der Waals surface area (Å²) in [4.78, 5) is 11.6. The number of allylic oxidation sites excluding steroid dienone is 1. The Labute approximate surface area is 119 Å². The van der Waals surface area contributed by atoms with Crippen molar-refractivity contribution in [1.82, 2.24) is 5.32 Å². The van der Waals surface area contributed by atoms with Gasteiger partial charge in [-0.2, -0.15) is 0 Å². The molecule has 0 saturated heterocycles. The van der Waals surface area contributed by atoms with Crippen molar-refractivity contribution in [2.24, 2.45) is 0 Å². The molecule has 0 aromatic heterocycles. The Kier molecular flexibility index (Phi) is 5.90. The molecule has 0 aliphatic carbocycles. The average molecular weight is 279 g/mol. The standard InChI is InChI=1S/C15H21NO4/c1-10(2)6-15(17)16-9-11-7-13(19-4)14(20-5)8-12(11)18-3/h6-8H,9H2,1-5H3,(H,16,17). The maximum Gasteiger partial charge on any atom is 0.244 e. The summed E-state index contributed by atoms with van der Waals surface area (Å²) in [5.41, 5.74) is 1.77. The Hall–Kier alpha value is -2.17. The van der Waals surface area contributed by atoms with Crippen LogP contribution in [0.1, 0.15) is 19.4 Å². The highest BCUT2D eigenvalue weighted by molar-refractivity contribution is 5.88. The molecular formula is C15H21NO4. The van der Waals surface area contributed by atoms with Crippen LogP contribution in [0.5, 0.6) is 17.2 Å². The monoisotopic (exact) mass is 279 g/mol. The van der Waals surface area contributed by atoms with Crippen LogP contribution in [0, 0.1) is 0 Å². The molecule has 0 aliphatic rings. The normalized spacial score (nSPS) is 9.65. The molecule has 0 aliphatic heterocycles. The first-order valence-electron chi connectivity index (χ1n) is 6.23. The quantitative estimate of drug-likeness (QED) is 0.812. The van der Waals surface area contributed by atoms with Crippen molar-refractivity contribution in [1.29, 1.82) is 0 Å². The van der Waals surface area contributed by atoms with Crippen LogP contribution in [0.4, 0.5) is 0 Å². The largest absolute Gasteiger partial charge is 0.496 e. The van der Waals surface area contributed by atoms with E-state index in [4.69, 9.17) is 14.2 Å². The number of methoxy groups -OCH3 is 3. The van der Waals surface area contributed by atoms with Gasteiger partial charge in [0.05, 0.1) is 21.3 Å². The molecule has 20 heavy (non-hydrogen) atoms. The highest BCUT2D eigenvalue weighted by atomic mass is 16.5. The Morgan fingerprint density at radius 3 is 2.10 bits per heavy atom. The molecule has 5 nitrogen and oxygen atoms in total. The van der Waals surface area contributed by atoms with E-state index in [2.05, 4.69) is 5.32 Å². The van der Waals surface area contributed by atoms with Gasteiger partial charge in [-0.05, 0) is 19.9 Å². The molecule has 0 heterocycles. The minimum atomic E-state index is -0.137. The van der Waals surface area contributed by atoms with E-state index < -0.39 is 0 Å². The van der Waals surface area contributed by atoms with Crippen LogP contribution in [-0.2, 0) is 11.3 Å². The van der Waals surface area contributed by atoms with E-state index in [0.29, 0.717) is 23.8 Å². The lowest BCUT2D eigenvalue weighted by Gasteiger charge is -2.14.